The average Bonchev–Trinajstić information content (AvgIpc) is 2.30. The summed E-state index contributed by atoms with van der Waals surface area (Å²) >= 11 is 0. The molecule has 2 heteroatoms. The molecular formula is C14H24N2. The maximum absolute atomic E-state index is 5.54. The molecule has 1 unspecified atom stereocenters. The van der Waals surface area contributed by atoms with Crippen molar-refractivity contribution in [2.45, 2.75) is 33.2 Å². The SMILES string of the molecule is CCc1ccc(C(NCCN)C(C)C)cc1. The van der Waals surface area contributed by atoms with Gasteiger partial charge in [-0.15, -0.1) is 0 Å². The highest BCUT2D eigenvalue weighted by Crippen LogP contribution is 2.21. The van der Waals surface area contributed by atoms with Crippen molar-refractivity contribution in [1.29, 1.82) is 0 Å². The zero-order chi connectivity index (χ0) is 12.0. The molecule has 0 aliphatic carbocycles. The molecule has 3 N–H and O–H groups in total. The molecule has 0 saturated carbocycles. The lowest BCUT2D eigenvalue weighted by Crippen LogP contribution is -2.30. The van der Waals surface area contributed by atoms with Crippen molar-refractivity contribution in [1.82, 2.24) is 5.32 Å². The van der Waals surface area contributed by atoms with E-state index in [1.54, 1.807) is 0 Å². The van der Waals surface area contributed by atoms with Crippen LogP contribution in [-0.4, -0.2) is 13.1 Å². The van der Waals surface area contributed by atoms with E-state index in [0.29, 0.717) is 18.5 Å². The fraction of sp³-hybridized carbons (Fsp3) is 0.571. The molecule has 0 aliphatic rings. The third-order valence-corrected chi connectivity index (χ3v) is 2.92. The minimum absolute atomic E-state index is 0.412. The molecule has 0 fully saturated rings. The van der Waals surface area contributed by atoms with Crippen LogP contribution in [0.3, 0.4) is 0 Å². The number of hydrogen-bond donors (Lipinski definition) is 2. The second-order valence-corrected chi connectivity index (χ2v) is 4.56. The van der Waals surface area contributed by atoms with Gasteiger partial charge >= 0.3 is 0 Å². The number of rotatable bonds is 6. The van der Waals surface area contributed by atoms with E-state index >= 15 is 0 Å². The second kappa shape index (κ2) is 6.66. The molecule has 0 spiro atoms. The van der Waals surface area contributed by atoms with Gasteiger partial charge in [-0.05, 0) is 23.5 Å². The Labute approximate surface area is 99.2 Å². The van der Waals surface area contributed by atoms with Gasteiger partial charge < -0.3 is 11.1 Å². The Balaban J connectivity index is 2.75. The van der Waals surface area contributed by atoms with Crippen molar-refractivity contribution in [2.75, 3.05) is 13.1 Å². The van der Waals surface area contributed by atoms with Gasteiger partial charge in [0.25, 0.3) is 0 Å². The topological polar surface area (TPSA) is 38.0 Å². The lowest BCUT2D eigenvalue weighted by Gasteiger charge is -2.23. The molecule has 2 nitrogen and oxygen atoms in total. The molecule has 16 heavy (non-hydrogen) atoms. The van der Waals surface area contributed by atoms with Crippen molar-refractivity contribution in [3.05, 3.63) is 35.4 Å². The molecule has 1 aromatic carbocycles. The van der Waals surface area contributed by atoms with Crippen LogP contribution in [0.15, 0.2) is 24.3 Å². The quantitative estimate of drug-likeness (QED) is 0.773. The van der Waals surface area contributed by atoms with Gasteiger partial charge in [0.1, 0.15) is 0 Å². The van der Waals surface area contributed by atoms with Crippen LogP contribution in [0.4, 0.5) is 0 Å². The Bertz CT molecular complexity index is 290. The van der Waals surface area contributed by atoms with E-state index < -0.39 is 0 Å². The van der Waals surface area contributed by atoms with Crippen LogP contribution in [-0.2, 0) is 6.42 Å². The number of hydrogen-bond acceptors (Lipinski definition) is 2. The van der Waals surface area contributed by atoms with Crippen molar-refractivity contribution < 1.29 is 0 Å². The van der Waals surface area contributed by atoms with Crippen LogP contribution in [0.25, 0.3) is 0 Å². The summed E-state index contributed by atoms with van der Waals surface area (Å²) in [6.07, 6.45) is 1.10. The first kappa shape index (κ1) is 13.2. The summed E-state index contributed by atoms with van der Waals surface area (Å²) in [7, 11) is 0. The largest absolute Gasteiger partial charge is 0.329 e. The standard InChI is InChI=1S/C14H24N2/c1-4-12-5-7-13(8-6-12)14(11(2)3)16-10-9-15/h5-8,11,14,16H,4,9-10,15H2,1-3H3. The first-order valence-electron chi connectivity index (χ1n) is 6.21. The van der Waals surface area contributed by atoms with Gasteiger partial charge in [-0.1, -0.05) is 45.0 Å². The molecule has 0 heterocycles. The van der Waals surface area contributed by atoms with Crippen molar-refractivity contribution in [3.63, 3.8) is 0 Å². The van der Waals surface area contributed by atoms with E-state index in [2.05, 4.69) is 50.4 Å². The maximum atomic E-state index is 5.54. The number of aryl methyl sites for hydroxylation is 1. The van der Waals surface area contributed by atoms with Gasteiger partial charge in [-0.3, -0.25) is 0 Å². The average molecular weight is 220 g/mol. The normalized spacial score (nSPS) is 13.1. The minimum Gasteiger partial charge on any atom is -0.329 e. The summed E-state index contributed by atoms with van der Waals surface area (Å²) in [6.45, 7) is 8.22. The van der Waals surface area contributed by atoms with E-state index in [9.17, 15) is 0 Å². The van der Waals surface area contributed by atoms with Gasteiger partial charge in [0.2, 0.25) is 0 Å². The van der Waals surface area contributed by atoms with Gasteiger partial charge in [0.15, 0.2) is 0 Å². The van der Waals surface area contributed by atoms with E-state index in [1.165, 1.54) is 11.1 Å². The fourth-order valence-corrected chi connectivity index (χ4v) is 1.94. The van der Waals surface area contributed by atoms with Crippen molar-refractivity contribution in [3.8, 4) is 0 Å². The molecular weight excluding hydrogens is 196 g/mol. The smallest absolute Gasteiger partial charge is 0.0343 e. The molecule has 1 rings (SSSR count). The molecule has 0 bridgehead atoms. The third-order valence-electron chi connectivity index (χ3n) is 2.92. The summed E-state index contributed by atoms with van der Waals surface area (Å²) in [5.41, 5.74) is 8.29. The molecule has 0 saturated heterocycles. The Morgan fingerprint density at radius 2 is 1.81 bits per heavy atom. The van der Waals surface area contributed by atoms with Crippen molar-refractivity contribution >= 4 is 0 Å². The minimum atomic E-state index is 0.412. The van der Waals surface area contributed by atoms with Gasteiger partial charge in [-0.2, -0.15) is 0 Å². The maximum Gasteiger partial charge on any atom is 0.0343 e. The van der Waals surface area contributed by atoms with Crippen LogP contribution < -0.4 is 11.1 Å². The van der Waals surface area contributed by atoms with Gasteiger partial charge in [0.05, 0.1) is 0 Å². The van der Waals surface area contributed by atoms with Crippen LogP contribution in [0.5, 0.6) is 0 Å². The van der Waals surface area contributed by atoms with Gasteiger partial charge in [-0.25, -0.2) is 0 Å². The highest BCUT2D eigenvalue weighted by molar-refractivity contribution is 5.25. The van der Waals surface area contributed by atoms with E-state index in [-0.39, 0.29) is 0 Å². The Kier molecular flexibility index (Phi) is 5.50. The molecule has 1 aromatic rings. The highest BCUT2D eigenvalue weighted by atomic mass is 14.9. The lowest BCUT2D eigenvalue weighted by atomic mass is 9.95. The summed E-state index contributed by atoms with van der Waals surface area (Å²) in [6, 6.07) is 9.30. The number of nitrogens with two attached hydrogens (primary N) is 1. The predicted molar refractivity (Wildman–Crippen MR) is 70.5 cm³/mol. The molecule has 0 amide bonds. The molecule has 0 radical (unpaired) electrons. The Morgan fingerprint density at radius 1 is 1.19 bits per heavy atom. The second-order valence-electron chi connectivity index (χ2n) is 4.56. The summed E-state index contributed by atoms with van der Waals surface area (Å²) in [4.78, 5) is 0. The molecule has 0 aromatic heterocycles. The summed E-state index contributed by atoms with van der Waals surface area (Å²) in [5, 5.41) is 3.50. The Hall–Kier alpha value is -0.860. The van der Waals surface area contributed by atoms with Crippen LogP contribution >= 0.6 is 0 Å². The predicted octanol–water partition coefficient (Wildman–Crippen LogP) is 2.49. The first-order chi connectivity index (χ1) is 7.69. The van der Waals surface area contributed by atoms with Crippen LogP contribution in [0.2, 0.25) is 0 Å². The number of nitrogens with one attached hydrogen (secondary N) is 1. The number of benzene rings is 1. The van der Waals surface area contributed by atoms with Crippen LogP contribution in [0, 0.1) is 5.92 Å². The zero-order valence-corrected chi connectivity index (χ0v) is 10.7. The fourth-order valence-electron chi connectivity index (χ4n) is 1.94. The highest BCUT2D eigenvalue weighted by Gasteiger charge is 2.14. The Morgan fingerprint density at radius 3 is 2.25 bits per heavy atom. The lowest BCUT2D eigenvalue weighted by molar-refractivity contribution is 0.417. The summed E-state index contributed by atoms with van der Waals surface area (Å²) in [5.74, 6) is 0.582. The van der Waals surface area contributed by atoms with Crippen molar-refractivity contribution in [2.24, 2.45) is 11.7 Å². The summed E-state index contributed by atoms with van der Waals surface area (Å²) < 4.78 is 0. The van der Waals surface area contributed by atoms with E-state index in [1.807, 2.05) is 0 Å². The first-order valence-corrected chi connectivity index (χ1v) is 6.21. The zero-order valence-electron chi connectivity index (χ0n) is 10.7. The van der Waals surface area contributed by atoms with E-state index in [4.69, 9.17) is 5.73 Å². The van der Waals surface area contributed by atoms with Crippen LogP contribution in [0.1, 0.15) is 37.9 Å². The monoisotopic (exact) mass is 220 g/mol. The third kappa shape index (κ3) is 3.62. The molecule has 90 valence electrons. The molecule has 0 aliphatic heterocycles. The molecule has 1 atom stereocenters. The van der Waals surface area contributed by atoms with E-state index in [0.717, 1.165) is 13.0 Å². The van der Waals surface area contributed by atoms with Gasteiger partial charge in [0, 0.05) is 19.1 Å².